The maximum Gasteiger partial charge on any atom is 0.343 e. The number of rotatable bonds is 38. The smallest absolute Gasteiger partial charge is 0.343 e. The van der Waals surface area contributed by atoms with Crippen LogP contribution >= 0.6 is 0 Å². The molecule has 0 spiro atoms. The first-order valence-corrected chi connectivity index (χ1v) is 23.6. The maximum absolute atomic E-state index is 13.5. The Hall–Kier alpha value is -5.62. The summed E-state index contributed by atoms with van der Waals surface area (Å²) in [7, 11) is 3.25. The molecule has 0 saturated carbocycles. The topological polar surface area (TPSA) is 170 Å². The largest absolute Gasteiger partial charge is 0.491 e. The van der Waals surface area contributed by atoms with Crippen molar-refractivity contribution in [1.82, 2.24) is 0 Å². The van der Waals surface area contributed by atoms with E-state index in [4.69, 9.17) is 56.8 Å². The number of methoxy groups -OCH3 is 2. The summed E-state index contributed by atoms with van der Waals surface area (Å²) in [6.45, 7) is 10.6. The summed E-state index contributed by atoms with van der Waals surface area (Å²) in [4.78, 5) is 26.5. The minimum Gasteiger partial charge on any atom is -0.491 e. The normalized spacial score (nSPS) is 11.2. The van der Waals surface area contributed by atoms with Crippen LogP contribution in [0.3, 0.4) is 0 Å². The molecular weight excluding hydrogens is 877 g/mol. The Morgan fingerprint density at radius 2 is 0.838 bits per heavy atom. The lowest BCUT2D eigenvalue weighted by Gasteiger charge is -2.18. The Morgan fingerprint density at radius 1 is 0.397 bits per heavy atom. The number of azo groups is 1. The van der Waals surface area contributed by atoms with Gasteiger partial charge in [-0.3, -0.25) is 0 Å². The van der Waals surface area contributed by atoms with Gasteiger partial charge in [-0.25, -0.2) is 9.59 Å². The maximum atomic E-state index is 13.5. The third-order valence-corrected chi connectivity index (χ3v) is 9.85. The van der Waals surface area contributed by atoms with Crippen molar-refractivity contribution in [2.75, 3.05) is 107 Å². The first-order chi connectivity index (χ1) is 33.4. The molecule has 4 aromatic carbocycles. The highest BCUT2D eigenvalue weighted by Gasteiger charge is 2.22. The molecule has 0 bridgehead atoms. The molecule has 0 aliphatic carbocycles. The highest BCUT2D eigenvalue weighted by atomic mass is 16.6. The van der Waals surface area contributed by atoms with E-state index in [1.54, 1.807) is 99.1 Å². The van der Waals surface area contributed by atoms with Crippen LogP contribution in [0.25, 0.3) is 0 Å². The molecule has 0 unspecified atom stereocenters. The number of hydrogen-bond donors (Lipinski definition) is 0. The van der Waals surface area contributed by atoms with Gasteiger partial charge in [0.05, 0.1) is 96.1 Å². The molecule has 0 aliphatic rings. The lowest BCUT2D eigenvalue weighted by Crippen LogP contribution is -2.13. The number of carbonyl (C=O) groups excluding carboxylic acids is 2. The summed E-state index contributed by atoms with van der Waals surface area (Å²) in [5, 5.41) is 9.03. The van der Waals surface area contributed by atoms with Gasteiger partial charge >= 0.3 is 11.9 Å². The second-order valence-corrected chi connectivity index (χ2v) is 15.2. The van der Waals surface area contributed by atoms with E-state index in [1.807, 2.05) is 0 Å². The molecule has 0 fully saturated rings. The number of unbranched alkanes of at least 4 members (excludes halogenated alkanes) is 6. The van der Waals surface area contributed by atoms with Crippen LogP contribution < -0.4 is 28.4 Å². The molecule has 0 radical (unpaired) electrons. The van der Waals surface area contributed by atoms with Gasteiger partial charge < -0.3 is 56.8 Å². The van der Waals surface area contributed by atoms with Crippen molar-refractivity contribution in [2.45, 2.75) is 65.2 Å². The molecule has 0 saturated heterocycles. The lowest BCUT2D eigenvalue weighted by molar-refractivity contribution is 0.0180. The number of ether oxygens (including phenoxy) is 12. The predicted octanol–water partition coefficient (Wildman–Crippen LogP) is 10.6. The van der Waals surface area contributed by atoms with Crippen LogP contribution in [0.2, 0.25) is 0 Å². The third-order valence-electron chi connectivity index (χ3n) is 9.85. The molecule has 16 heteroatoms. The average Bonchev–Trinajstić information content (AvgIpc) is 3.36. The lowest BCUT2D eigenvalue weighted by atomic mass is 10.2. The number of esters is 2. The Bertz CT molecular complexity index is 2000. The van der Waals surface area contributed by atoms with Gasteiger partial charge in [0.25, 0.3) is 0 Å². The molecule has 4 rings (SSSR count). The first kappa shape index (κ1) is 55.0. The van der Waals surface area contributed by atoms with Crippen LogP contribution in [0.1, 0.15) is 85.9 Å². The zero-order valence-electron chi connectivity index (χ0n) is 40.2. The van der Waals surface area contributed by atoms with Crippen LogP contribution in [0, 0.1) is 0 Å². The summed E-state index contributed by atoms with van der Waals surface area (Å²) < 4.78 is 67.5. The van der Waals surface area contributed by atoms with Crippen LogP contribution in [0.15, 0.2) is 95.2 Å². The van der Waals surface area contributed by atoms with Crippen molar-refractivity contribution >= 4 is 23.3 Å². The zero-order valence-corrected chi connectivity index (χ0v) is 40.2. The second kappa shape index (κ2) is 34.6. The van der Waals surface area contributed by atoms with E-state index in [1.165, 1.54) is 0 Å². The average molecular weight is 947 g/mol. The van der Waals surface area contributed by atoms with Gasteiger partial charge in [0, 0.05) is 14.2 Å². The molecule has 0 heterocycles. The summed E-state index contributed by atoms with van der Waals surface area (Å²) in [5.41, 5.74) is 1.59. The van der Waals surface area contributed by atoms with E-state index in [2.05, 4.69) is 24.1 Å². The van der Waals surface area contributed by atoms with Gasteiger partial charge in [0.15, 0.2) is 11.5 Å². The van der Waals surface area contributed by atoms with E-state index >= 15 is 0 Å². The fourth-order valence-electron chi connectivity index (χ4n) is 6.13. The minimum atomic E-state index is -0.576. The Kier molecular flexibility index (Phi) is 28.0. The SMILES string of the molecule is CCCCCCOc1c(N=Nc2ccc(OC(=O)c3ccc(OCCOCCOCCOC)cc3)cc2)ccc(OC(=O)c2ccc(OCCOCCOCCOC)cc2)c1OCCCCCC. The molecule has 372 valence electrons. The fraction of sp³-hybridized carbons (Fsp3) is 0.500. The van der Waals surface area contributed by atoms with Crippen molar-refractivity contribution in [3.8, 4) is 34.5 Å². The standard InChI is InChI=1S/C52H70N2O14/c1-5-7-9-11-27-65-49-47(54-53-43-17-23-46(24-18-43)67-51(55)41-13-19-44(20-14-41)63-39-37-61-35-33-59-31-29-57-3)25-26-48(50(49)66-28-12-10-8-6-2)68-52(56)42-15-21-45(22-16-42)64-40-38-62-36-34-60-32-30-58-4/h13-26H,5-12,27-40H2,1-4H3. The van der Waals surface area contributed by atoms with Crippen LogP contribution in [0.5, 0.6) is 34.5 Å². The molecule has 0 aromatic heterocycles. The molecule has 0 amide bonds. The van der Waals surface area contributed by atoms with E-state index in [9.17, 15) is 9.59 Å². The number of hydrogen-bond acceptors (Lipinski definition) is 16. The van der Waals surface area contributed by atoms with Gasteiger partial charge in [0.1, 0.15) is 36.1 Å². The number of nitrogens with zero attached hydrogens (tertiary/aromatic N) is 2. The van der Waals surface area contributed by atoms with Crippen LogP contribution in [-0.2, 0) is 28.4 Å². The molecule has 0 aliphatic heterocycles. The Labute approximate surface area is 401 Å². The minimum absolute atomic E-state index is 0.200. The molecule has 16 nitrogen and oxygen atoms in total. The molecule has 4 aromatic rings. The summed E-state index contributed by atoms with van der Waals surface area (Å²) in [5.74, 6) is 1.23. The van der Waals surface area contributed by atoms with Gasteiger partial charge in [0.2, 0.25) is 5.75 Å². The van der Waals surface area contributed by atoms with E-state index < -0.39 is 11.9 Å². The van der Waals surface area contributed by atoms with Crippen LogP contribution in [-0.4, -0.2) is 119 Å². The summed E-state index contributed by atoms with van der Waals surface area (Å²) >= 11 is 0. The Balaban J connectivity index is 1.39. The molecule has 0 atom stereocenters. The fourth-order valence-corrected chi connectivity index (χ4v) is 6.13. The monoisotopic (exact) mass is 946 g/mol. The third kappa shape index (κ3) is 22.0. The van der Waals surface area contributed by atoms with Gasteiger partial charge in [-0.15, -0.1) is 5.11 Å². The Morgan fingerprint density at radius 3 is 1.32 bits per heavy atom. The van der Waals surface area contributed by atoms with Crippen molar-refractivity contribution < 1.29 is 66.4 Å². The summed E-state index contributed by atoms with van der Waals surface area (Å²) in [6, 6.07) is 23.4. The predicted molar refractivity (Wildman–Crippen MR) is 257 cm³/mol. The van der Waals surface area contributed by atoms with Crippen molar-refractivity contribution in [1.29, 1.82) is 0 Å². The van der Waals surface area contributed by atoms with E-state index in [0.717, 1.165) is 51.4 Å². The second-order valence-electron chi connectivity index (χ2n) is 15.2. The molecular formula is C52H70N2O14. The van der Waals surface area contributed by atoms with Gasteiger partial charge in [-0.1, -0.05) is 52.4 Å². The highest BCUT2D eigenvalue weighted by Crippen LogP contribution is 2.46. The quantitative estimate of drug-likeness (QED) is 0.0180. The zero-order chi connectivity index (χ0) is 48.3. The van der Waals surface area contributed by atoms with Crippen molar-refractivity contribution in [3.05, 3.63) is 96.1 Å². The van der Waals surface area contributed by atoms with Crippen molar-refractivity contribution in [2.24, 2.45) is 10.2 Å². The van der Waals surface area contributed by atoms with Crippen molar-refractivity contribution in [3.63, 3.8) is 0 Å². The molecule has 68 heavy (non-hydrogen) atoms. The number of carbonyl (C=O) groups is 2. The van der Waals surface area contributed by atoms with E-state index in [-0.39, 0.29) is 11.5 Å². The van der Waals surface area contributed by atoms with Gasteiger partial charge in [-0.05, 0) is 97.8 Å². The number of benzene rings is 4. The van der Waals surface area contributed by atoms with Crippen LogP contribution in [0.4, 0.5) is 11.4 Å². The first-order valence-electron chi connectivity index (χ1n) is 23.6. The van der Waals surface area contributed by atoms with Gasteiger partial charge in [-0.2, -0.15) is 5.11 Å². The van der Waals surface area contributed by atoms with E-state index in [0.29, 0.717) is 138 Å². The highest BCUT2D eigenvalue weighted by molar-refractivity contribution is 5.92. The molecule has 0 N–H and O–H groups in total. The summed E-state index contributed by atoms with van der Waals surface area (Å²) in [6.07, 6.45) is 7.90.